The Morgan fingerprint density at radius 3 is 2.20 bits per heavy atom. The van der Waals surface area contributed by atoms with Crippen LogP contribution in [0.1, 0.15) is 30.0 Å². The van der Waals surface area contributed by atoms with E-state index in [0.717, 1.165) is 12.0 Å². The number of benzene rings is 2. The standard InChI is InChI=1S/C10H13Cl.C8H7N/c1-2-4-9-5-3-6-10(7-9)8-11;9-7-6-8-4-2-1-3-5-8/h3,5-7H,2,4,8H2,1H3;1-5H,6H2. The number of hydrogen-bond donors (Lipinski definition) is 0. The molecule has 0 bridgehead atoms. The summed E-state index contributed by atoms with van der Waals surface area (Å²) < 4.78 is 0. The summed E-state index contributed by atoms with van der Waals surface area (Å²) in [5.41, 5.74) is 3.70. The monoisotopic (exact) mass is 285 g/mol. The Morgan fingerprint density at radius 1 is 0.950 bits per heavy atom. The number of nitriles is 1. The molecule has 0 unspecified atom stereocenters. The molecule has 2 heteroatoms. The normalized spacial score (nSPS) is 9.25. The molecule has 2 aromatic carbocycles. The van der Waals surface area contributed by atoms with Gasteiger partial charge in [0.05, 0.1) is 12.5 Å². The molecule has 0 amide bonds. The smallest absolute Gasteiger partial charge is 0.0669 e. The van der Waals surface area contributed by atoms with E-state index >= 15 is 0 Å². The highest BCUT2D eigenvalue weighted by Gasteiger charge is 1.92. The molecule has 2 aromatic rings. The van der Waals surface area contributed by atoms with Crippen molar-refractivity contribution in [2.75, 3.05) is 0 Å². The molecule has 0 heterocycles. The fraction of sp³-hybridized carbons (Fsp3) is 0.278. The molecule has 0 radical (unpaired) electrons. The highest BCUT2D eigenvalue weighted by molar-refractivity contribution is 6.17. The summed E-state index contributed by atoms with van der Waals surface area (Å²) in [6, 6.07) is 20.3. The summed E-state index contributed by atoms with van der Waals surface area (Å²) in [5, 5.41) is 8.27. The van der Waals surface area contributed by atoms with Crippen molar-refractivity contribution >= 4 is 11.6 Å². The zero-order valence-electron chi connectivity index (χ0n) is 11.8. The van der Waals surface area contributed by atoms with E-state index in [2.05, 4.69) is 37.3 Å². The van der Waals surface area contributed by atoms with E-state index in [-0.39, 0.29) is 0 Å². The molecule has 0 aromatic heterocycles. The SMILES string of the molecule is CCCc1cccc(CCl)c1.N#CCc1ccccc1. The second kappa shape index (κ2) is 10.1. The molecule has 2 rings (SSSR count). The molecule has 20 heavy (non-hydrogen) atoms. The van der Waals surface area contributed by atoms with Crippen molar-refractivity contribution < 1.29 is 0 Å². The number of aryl methyl sites for hydroxylation is 1. The Morgan fingerprint density at radius 2 is 1.60 bits per heavy atom. The number of nitrogens with zero attached hydrogens (tertiary/aromatic N) is 1. The predicted molar refractivity (Wildman–Crippen MR) is 85.8 cm³/mol. The van der Waals surface area contributed by atoms with Crippen LogP contribution in [0.25, 0.3) is 0 Å². The zero-order valence-corrected chi connectivity index (χ0v) is 12.6. The van der Waals surface area contributed by atoms with E-state index in [1.165, 1.54) is 17.5 Å². The molecule has 0 aliphatic carbocycles. The van der Waals surface area contributed by atoms with E-state index < -0.39 is 0 Å². The first-order valence-corrected chi connectivity index (χ1v) is 7.38. The molecule has 104 valence electrons. The molecule has 0 N–H and O–H groups in total. The fourth-order valence-corrected chi connectivity index (χ4v) is 2.01. The van der Waals surface area contributed by atoms with Gasteiger partial charge in [0.1, 0.15) is 0 Å². The Hall–Kier alpha value is -1.78. The number of rotatable bonds is 4. The van der Waals surface area contributed by atoms with Crippen molar-refractivity contribution in [2.45, 2.75) is 32.1 Å². The van der Waals surface area contributed by atoms with Gasteiger partial charge in [0, 0.05) is 5.88 Å². The Kier molecular flexibility index (Phi) is 8.19. The molecule has 0 saturated carbocycles. The molecule has 0 aliphatic heterocycles. The van der Waals surface area contributed by atoms with Crippen LogP contribution in [0.5, 0.6) is 0 Å². The van der Waals surface area contributed by atoms with Crippen LogP contribution in [-0.2, 0) is 18.7 Å². The van der Waals surface area contributed by atoms with E-state index in [1.807, 2.05) is 30.3 Å². The molecule has 0 fully saturated rings. The molecule has 1 nitrogen and oxygen atoms in total. The largest absolute Gasteiger partial charge is 0.198 e. The molecular formula is C18H20ClN. The summed E-state index contributed by atoms with van der Waals surface area (Å²) in [5.74, 6) is 0.623. The Labute approximate surface area is 126 Å². The molecule has 0 aliphatic rings. The molecular weight excluding hydrogens is 266 g/mol. The summed E-state index contributed by atoms with van der Waals surface area (Å²) in [6.07, 6.45) is 2.87. The summed E-state index contributed by atoms with van der Waals surface area (Å²) in [4.78, 5) is 0. The van der Waals surface area contributed by atoms with Gasteiger partial charge in [-0.3, -0.25) is 0 Å². The van der Waals surface area contributed by atoms with Crippen molar-refractivity contribution in [1.29, 1.82) is 5.26 Å². The Bertz CT molecular complexity index is 529. The molecule has 0 atom stereocenters. The van der Waals surface area contributed by atoms with Gasteiger partial charge >= 0.3 is 0 Å². The van der Waals surface area contributed by atoms with Crippen LogP contribution in [0.4, 0.5) is 0 Å². The van der Waals surface area contributed by atoms with Crippen LogP contribution in [0.2, 0.25) is 0 Å². The number of hydrogen-bond acceptors (Lipinski definition) is 1. The first-order valence-electron chi connectivity index (χ1n) is 6.84. The second-order valence-corrected chi connectivity index (χ2v) is 4.79. The first-order chi connectivity index (χ1) is 9.80. The minimum atomic E-state index is 0.515. The van der Waals surface area contributed by atoms with Gasteiger partial charge in [-0.15, -0.1) is 11.6 Å². The van der Waals surface area contributed by atoms with Gasteiger partial charge in [0.2, 0.25) is 0 Å². The van der Waals surface area contributed by atoms with Crippen LogP contribution >= 0.6 is 11.6 Å². The number of alkyl halides is 1. The van der Waals surface area contributed by atoms with E-state index in [4.69, 9.17) is 16.9 Å². The lowest BCUT2D eigenvalue weighted by molar-refractivity contribution is 0.920. The summed E-state index contributed by atoms with van der Waals surface area (Å²) in [7, 11) is 0. The highest BCUT2D eigenvalue weighted by Crippen LogP contribution is 2.09. The van der Waals surface area contributed by atoms with Crippen molar-refractivity contribution in [2.24, 2.45) is 0 Å². The van der Waals surface area contributed by atoms with E-state index in [1.54, 1.807) is 0 Å². The minimum absolute atomic E-state index is 0.515. The van der Waals surface area contributed by atoms with Gasteiger partial charge in [0.25, 0.3) is 0 Å². The highest BCUT2D eigenvalue weighted by atomic mass is 35.5. The van der Waals surface area contributed by atoms with Crippen LogP contribution in [0, 0.1) is 11.3 Å². The van der Waals surface area contributed by atoms with Crippen molar-refractivity contribution in [3.63, 3.8) is 0 Å². The van der Waals surface area contributed by atoms with Crippen LogP contribution in [0.3, 0.4) is 0 Å². The summed E-state index contributed by atoms with van der Waals surface area (Å²) in [6.45, 7) is 2.19. The van der Waals surface area contributed by atoms with Gasteiger partial charge in [0.15, 0.2) is 0 Å². The van der Waals surface area contributed by atoms with Crippen molar-refractivity contribution in [3.8, 4) is 6.07 Å². The summed E-state index contributed by atoms with van der Waals surface area (Å²) >= 11 is 5.70. The van der Waals surface area contributed by atoms with Crippen molar-refractivity contribution in [3.05, 3.63) is 71.3 Å². The zero-order chi connectivity index (χ0) is 14.6. The second-order valence-electron chi connectivity index (χ2n) is 4.52. The molecule has 0 spiro atoms. The van der Waals surface area contributed by atoms with Gasteiger partial charge in [-0.2, -0.15) is 5.26 Å². The number of halogens is 1. The maximum atomic E-state index is 8.27. The topological polar surface area (TPSA) is 23.8 Å². The third-order valence-corrected chi connectivity index (χ3v) is 3.12. The van der Waals surface area contributed by atoms with Crippen LogP contribution < -0.4 is 0 Å². The fourth-order valence-electron chi connectivity index (χ4n) is 1.84. The minimum Gasteiger partial charge on any atom is -0.198 e. The van der Waals surface area contributed by atoms with Crippen LogP contribution in [-0.4, -0.2) is 0 Å². The average Bonchev–Trinajstić information content (AvgIpc) is 2.50. The van der Waals surface area contributed by atoms with Gasteiger partial charge < -0.3 is 0 Å². The van der Waals surface area contributed by atoms with Gasteiger partial charge in [-0.05, 0) is 23.1 Å². The van der Waals surface area contributed by atoms with E-state index in [0.29, 0.717) is 12.3 Å². The lowest BCUT2D eigenvalue weighted by Gasteiger charge is -1.99. The lowest BCUT2D eigenvalue weighted by Crippen LogP contribution is -1.84. The maximum absolute atomic E-state index is 8.27. The quantitative estimate of drug-likeness (QED) is 0.714. The third kappa shape index (κ3) is 6.41. The maximum Gasteiger partial charge on any atom is 0.0669 e. The van der Waals surface area contributed by atoms with Crippen LogP contribution in [0.15, 0.2) is 54.6 Å². The predicted octanol–water partition coefficient (Wildman–Crippen LogP) is 5.13. The van der Waals surface area contributed by atoms with Crippen molar-refractivity contribution in [1.82, 2.24) is 0 Å². The lowest BCUT2D eigenvalue weighted by atomic mass is 10.1. The van der Waals surface area contributed by atoms with E-state index in [9.17, 15) is 0 Å². The third-order valence-electron chi connectivity index (χ3n) is 2.81. The van der Waals surface area contributed by atoms with Gasteiger partial charge in [-0.1, -0.05) is 67.9 Å². The molecule has 0 saturated heterocycles. The Balaban J connectivity index is 0.000000204. The van der Waals surface area contributed by atoms with Gasteiger partial charge in [-0.25, -0.2) is 0 Å². The first kappa shape index (κ1) is 16.3. The average molecular weight is 286 g/mol.